The Labute approximate surface area is 191 Å². The molecule has 0 unspecified atom stereocenters. The van der Waals surface area contributed by atoms with Crippen molar-refractivity contribution in [2.24, 2.45) is 0 Å². The molecule has 0 saturated heterocycles. The third-order valence-corrected chi connectivity index (χ3v) is 5.33. The van der Waals surface area contributed by atoms with E-state index in [1.54, 1.807) is 36.4 Å². The molecule has 4 aromatic rings. The smallest absolute Gasteiger partial charge is 0.257 e. The summed E-state index contributed by atoms with van der Waals surface area (Å²) >= 11 is 1.11. The number of phenolic OH excluding ortho intramolecular Hbond substituents is 1. The summed E-state index contributed by atoms with van der Waals surface area (Å²) in [5.41, 5.74) is 1.65. The number of aromatic nitrogens is 4. The van der Waals surface area contributed by atoms with Crippen molar-refractivity contribution in [1.29, 1.82) is 0 Å². The van der Waals surface area contributed by atoms with Gasteiger partial charge in [-0.3, -0.25) is 9.59 Å². The first-order valence-electron chi connectivity index (χ1n) is 9.66. The van der Waals surface area contributed by atoms with Gasteiger partial charge in [-0.15, -0.1) is 5.10 Å². The fourth-order valence-electron chi connectivity index (χ4n) is 2.86. The molecule has 3 N–H and O–H groups in total. The van der Waals surface area contributed by atoms with E-state index in [0.29, 0.717) is 22.2 Å². The van der Waals surface area contributed by atoms with E-state index < -0.39 is 11.7 Å². The second-order valence-electron chi connectivity index (χ2n) is 6.73. The predicted molar refractivity (Wildman–Crippen MR) is 121 cm³/mol. The van der Waals surface area contributed by atoms with Gasteiger partial charge in [-0.2, -0.15) is 4.68 Å². The van der Waals surface area contributed by atoms with Gasteiger partial charge in [0.05, 0.1) is 22.7 Å². The van der Waals surface area contributed by atoms with Gasteiger partial charge in [0.25, 0.3) is 5.91 Å². The van der Waals surface area contributed by atoms with E-state index >= 15 is 0 Å². The molecule has 1 aromatic heterocycles. The van der Waals surface area contributed by atoms with Crippen molar-refractivity contribution in [2.75, 3.05) is 16.4 Å². The molecular formula is C22H17FN6O3S. The van der Waals surface area contributed by atoms with Crippen LogP contribution in [0.3, 0.4) is 0 Å². The summed E-state index contributed by atoms with van der Waals surface area (Å²) in [4.78, 5) is 25.2. The summed E-state index contributed by atoms with van der Waals surface area (Å²) < 4.78 is 14.5. The highest BCUT2D eigenvalue weighted by molar-refractivity contribution is 7.99. The number of halogens is 1. The quantitative estimate of drug-likeness (QED) is 0.358. The fourth-order valence-corrected chi connectivity index (χ4v) is 3.55. The lowest BCUT2D eigenvalue weighted by Crippen LogP contribution is -2.19. The topological polar surface area (TPSA) is 122 Å². The van der Waals surface area contributed by atoms with Crippen molar-refractivity contribution in [3.8, 4) is 11.4 Å². The molecule has 0 saturated carbocycles. The largest absolute Gasteiger partial charge is 0.508 e. The Balaban J connectivity index is 1.41. The van der Waals surface area contributed by atoms with Crippen LogP contribution >= 0.6 is 11.8 Å². The number of para-hydroxylation sites is 1. The number of thioether (sulfide) groups is 1. The summed E-state index contributed by atoms with van der Waals surface area (Å²) in [6.45, 7) is 0. The van der Waals surface area contributed by atoms with Crippen LogP contribution in [0.1, 0.15) is 10.4 Å². The summed E-state index contributed by atoms with van der Waals surface area (Å²) in [6, 6.07) is 18.2. The highest BCUT2D eigenvalue weighted by Gasteiger charge is 2.16. The van der Waals surface area contributed by atoms with E-state index in [4.69, 9.17) is 0 Å². The number of carbonyl (C=O) groups excluding carboxylic acids is 2. The number of nitrogens with one attached hydrogen (secondary N) is 2. The molecule has 33 heavy (non-hydrogen) atoms. The maximum atomic E-state index is 13.1. The van der Waals surface area contributed by atoms with Gasteiger partial charge < -0.3 is 15.7 Å². The number of amides is 2. The highest BCUT2D eigenvalue weighted by Crippen LogP contribution is 2.22. The van der Waals surface area contributed by atoms with Gasteiger partial charge >= 0.3 is 0 Å². The summed E-state index contributed by atoms with van der Waals surface area (Å²) in [5, 5.41) is 26.7. The zero-order chi connectivity index (χ0) is 23.2. The van der Waals surface area contributed by atoms with Crippen LogP contribution in [0.4, 0.5) is 15.8 Å². The minimum atomic E-state index is -0.443. The molecule has 11 heteroatoms. The SMILES string of the molecule is O=C(CSc1nnnn1-c1ccc(O)cc1)Nc1ccccc1C(=O)Nc1ccc(F)cc1. The molecule has 0 bridgehead atoms. The lowest BCUT2D eigenvalue weighted by atomic mass is 10.1. The molecule has 2 amide bonds. The molecular weight excluding hydrogens is 447 g/mol. The van der Waals surface area contributed by atoms with Crippen LogP contribution in [0.25, 0.3) is 5.69 Å². The summed E-state index contributed by atoms with van der Waals surface area (Å²) in [7, 11) is 0. The van der Waals surface area contributed by atoms with Gasteiger partial charge in [-0.05, 0) is 71.1 Å². The van der Waals surface area contributed by atoms with Gasteiger partial charge in [0, 0.05) is 5.69 Å². The highest BCUT2D eigenvalue weighted by atomic mass is 32.2. The van der Waals surface area contributed by atoms with Crippen LogP contribution in [-0.4, -0.2) is 42.9 Å². The van der Waals surface area contributed by atoms with Crippen LogP contribution < -0.4 is 10.6 Å². The number of benzene rings is 3. The standard InChI is InChI=1S/C22H17FN6O3S/c23-14-5-7-15(8-6-14)24-21(32)18-3-1-2-4-19(18)25-20(31)13-33-22-26-27-28-29(22)16-9-11-17(30)12-10-16/h1-12,30H,13H2,(H,24,32)(H,25,31). The predicted octanol–water partition coefficient (Wildman–Crippen LogP) is 3.49. The van der Waals surface area contributed by atoms with Crippen molar-refractivity contribution in [3.05, 3.63) is 84.2 Å². The van der Waals surface area contributed by atoms with Crippen LogP contribution in [0.5, 0.6) is 5.75 Å². The minimum Gasteiger partial charge on any atom is -0.508 e. The molecule has 3 aromatic carbocycles. The molecule has 0 aliphatic carbocycles. The second-order valence-corrected chi connectivity index (χ2v) is 7.68. The number of hydrogen-bond acceptors (Lipinski definition) is 7. The number of carbonyl (C=O) groups is 2. The van der Waals surface area contributed by atoms with Crippen molar-refractivity contribution in [3.63, 3.8) is 0 Å². The minimum absolute atomic E-state index is 0.00757. The number of aromatic hydroxyl groups is 1. The normalized spacial score (nSPS) is 10.6. The molecule has 0 aliphatic rings. The van der Waals surface area contributed by atoms with Gasteiger partial charge in [0.15, 0.2) is 0 Å². The van der Waals surface area contributed by atoms with E-state index in [0.717, 1.165) is 11.8 Å². The molecule has 0 aliphatic heterocycles. The first kappa shape index (κ1) is 22.0. The molecule has 0 spiro atoms. The average molecular weight is 464 g/mol. The van der Waals surface area contributed by atoms with Crippen LogP contribution in [0.2, 0.25) is 0 Å². The van der Waals surface area contributed by atoms with Crippen molar-refractivity contribution in [1.82, 2.24) is 20.2 Å². The third kappa shape index (κ3) is 5.52. The third-order valence-electron chi connectivity index (χ3n) is 4.42. The van der Waals surface area contributed by atoms with Crippen molar-refractivity contribution < 1.29 is 19.1 Å². The number of anilines is 2. The fraction of sp³-hybridized carbons (Fsp3) is 0.0455. The first-order chi connectivity index (χ1) is 16.0. The molecule has 1 heterocycles. The Bertz CT molecular complexity index is 1280. The Morgan fingerprint density at radius 2 is 1.70 bits per heavy atom. The van der Waals surface area contributed by atoms with E-state index in [2.05, 4.69) is 26.2 Å². The van der Waals surface area contributed by atoms with E-state index in [1.165, 1.54) is 41.1 Å². The molecule has 0 radical (unpaired) electrons. The number of hydrogen-bond donors (Lipinski definition) is 3. The van der Waals surface area contributed by atoms with E-state index in [-0.39, 0.29) is 23.0 Å². The first-order valence-corrected chi connectivity index (χ1v) is 10.6. The van der Waals surface area contributed by atoms with E-state index in [9.17, 15) is 19.1 Å². The monoisotopic (exact) mass is 464 g/mol. The zero-order valence-corrected chi connectivity index (χ0v) is 17.8. The van der Waals surface area contributed by atoms with Crippen LogP contribution in [0.15, 0.2) is 78.0 Å². The van der Waals surface area contributed by atoms with Gasteiger partial charge in [-0.1, -0.05) is 23.9 Å². The van der Waals surface area contributed by atoms with Gasteiger partial charge in [0.2, 0.25) is 11.1 Å². The van der Waals surface area contributed by atoms with Crippen molar-refractivity contribution in [2.45, 2.75) is 5.16 Å². The number of tetrazole rings is 1. The Hall–Kier alpha value is -4.25. The van der Waals surface area contributed by atoms with Crippen LogP contribution in [-0.2, 0) is 4.79 Å². The maximum Gasteiger partial charge on any atom is 0.257 e. The molecule has 0 fully saturated rings. The van der Waals surface area contributed by atoms with Gasteiger partial charge in [0.1, 0.15) is 11.6 Å². The van der Waals surface area contributed by atoms with E-state index in [1.807, 2.05) is 0 Å². The molecule has 9 nitrogen and oxygen atoms in total. The number of phenols is 1. The Kier molecular flexibility index (Phi) is 6.60. The lowest BCUT2D eigenvalue weighted by Gasteiger charge is -2.11. The molecule has 0 atom stereocenters. The molecule has 166 valence electrons. The lowest BCUT2D eigenvalue weighted by molar-refractivity contribution is -0.113. The zero-order valence-electron chi connectivity index (χ0n) is 17.0. The Morgan fingerprint density at radius 3 is 2.45 bits per heavy atom. The number of nitrogens with zero attached hydrogens (tertiary/aromatic N) is 4. The van der Waals surface area contributed by atoms with Gasteiger partial charge in [-0.25, -0.2) is 4.39 Å². The Morgan fingerprint density at radius 1 is 0.970 bits per heavy atom. The summed E-state index contributed by atoms with van der Waals surface area (Å²) in [5.74, 6) is -1.10. The van der Waals surface area contributed by atoms with Crippen molar-refractivity contribution >= 4 is 35.0 Å². The van der Waals surface area contributed by atoms with Crippen LogP contribution in [0, 0.1) is 5.82 Å². The molecule has 4 rings (SSSR count). The number of rotatable bonds is 7. The second kappa shape index (κ2) is 9.92. The summed E-state index contributed by atoms with van der Waals surface area (Å²) in [6.07, 6.45) is 0. The maximum absolute atomic E-state index is 13.1. The average Bonchev–Trinajstić information content (AvgIpc) is 3.29.